The molecular formula is C10H15N3O2. The van der Waals surface area contributed by atoms with E-state index in [1.807, 2.05) is 17.7 Å². The number of hydrogen-bond donors (Lipinski definition) is 1. The van der Waals surface area contributed by atoms with Gasteiger partial charge < -0.3 is 14.6 Å². The van der Waals surface area contributed by atoms with Gasteiger partial charge in [0.25, 0.3) is 0 Å². The molecule has 0 saturated carbocycles. The van der Waals surface area contributed by atoms with Crippen LogP contribution in [0.4, 0.5) is 0 Å². The topological polar surface area (TPSA) is 58.4 Å². The zero-order valence-corrected chi connectivity index (χ0v) is 8.71. The maximum absolute atomic E-state index is 11.5. The van der Waals surface area contributed by atoms with Gasteiger partial charge in [0.2, 0.25) is 5.91 Å². The average Bonchev–Trinajstić information content (AvgIpc) is 2.75. The molecule has 1 aliphatic rings. The monoisotopic (exact) mass is 209 g/mol. The number of carbonyl (C=O) groups is 1. The molecule has 1 fully saturated rings. The van der Waals surface area contributed by atoms with Gasteiger partial charge in [-0.25, -0.2) is 4.98 Å². The van der Waals surface area contributed by atoms with Crippen molar-refractivity contribution in [1.82, 2.24) is 14.5 Å². The Morgan fingerprint density at radius 2 is 2.53 bits per heavy atom. The van der Waals surface area contributed by atoms with Crippen molar-refractivity contribution in [3.8, 4) is 0 Å². The molecule has 0 bridgehead atoms. The zero-order chi connectivity index (χ0) is 10.8. The number of aliphatic hydroxyl groups excluding tert-OH is 1. The van der Waals surface area contributed by atoms with E-state index in [9.17, 15) is 9.90 Å². The first-order valence-electron chi connectivity index (χ1n) is 5.10. The molecule has 1 aromatic rings. The third kappa shape index (κ3) is 2.18. The minimum atomic E-state index is -0.497. The van der Waals surface area contributed by atoms with Gasteiger partial charge in [0.1, 0.15) is 0 Å². The molecule has 5 nitrogen and oxygen atoms in total. The number of amides is 1. The van der Waals surface area contributed by atoms with E-state index in [0.717, 1.165) is 6.54 Å². The fraction of sp³-hybridized carbons (Fsp3) is 0.600. The van der Waals surface area contributed by atoms with Crippen LogP contribution < -0.4 is 0 Å². The van der Waals surface area contributed by atoms with Gasteiger partial charge in [-0.2, -0.15) is 0 Å². The van der Waals surface area contributed by atoms with Crippen molar-refractivity contribution >= 4 is 5.91 Å². The molecule has 1 aromatic heterocycles. The molecule has 0 aliphatic carbocycles. The number of rotatable bonds is 3. The molecule has 1 saturated heterocycles. The normalized spacial score (nSPS) is 23.5. The number of β-amino-alcohol motifs (C(OH)–C–C–N with tert-alkyl or cyclic N) is 1. The first-order valence-corrected chi connectivity index (χ1v) is 5.10. The predicted molar refractivity (Wildman–Crippen MR) is 54.0 cm³/mol. The van der Waals surface area contributed by atoms with Crippen LogP contribution in [0, 0.1) is 0 Å². The molecule has 5 heteroatoms. The van der Waals surface area contributed by atoms with Crippen molar-refractivity contribution in [3.63, 3.8) is 0 Å². The average molecular weight is 209 g/mol. The van der Waals surface area contributed by atoms with Crippen molar-refractivity contribution in [2.75, 3.05) is 6.54 Å². The molecular weight excluding hydrogens is 194 g/mol. The van der Waals surface area contributed by atoms with E-state index < -0.39 is 6.10 Å². The lowest BCUT2D eigenvalue weighted by atomic mass is 10.3. The van der Waals surface area contributed by atoms with Crippen LogP contribution >= 0.6 is 0 Å². The molecule has 2 rings (SSSR count). The van der Waals surface area contributed by atoms with Crippen molar-refractivity contribution < 1.29 is 9.90 Å². The quantitative estimate of drug-likeness (QED) is 0.754. The summed E-state index contributed by atoms with van der Waals surface area (Å²) < 4.78 is 1.93. The second kappa shape index (κ2) is 4.02. The zero-order valence-electron chi connectivity index (χ0n) is 8.71. The summed E-state index contributed by atoms with van der Waals surface area (Å²) in [7, 11) is 0. The molecule has 1 aliphatic heterocycles. The van der Waals surface area contributed by atoms with Crippen LogP contribution in [-0.4, -0.2) is 44.2 Å². The first kappa shape index (κ1) is 10.2. The van der Waals surface area contributed by atoms with E-state index in [1.54, 1.807) is 17.4 Å². The highest BCUT2D eigenvalue weighted by molar-refractivity contribution is 5.79. The Hall–Kier alpha value is -1.36. The smallest absolute Gasteiger partial charge is 0.225 e. The SMILES string of the molecule is CC(Cn1ccnc1)N1CC(O)CC1=O. The molecule has 0 aromatic carbocycles. The van der Waals surface area contributed by atoms with Crippen LogP contribution in [-0.2, 0) is 11.3 Å². The van der Waals surface area contributed by atoms with Gasteiger partial charge in [-0.1, -0.05) is 0 Å². The number of nitrogens with zero attached hydrogens (tertiary/aromatic N) is 3. The second-order valence-corrected chi connectivity index (χ2v) is 4.01. The highest BCUT2D eigenvalue weighted by Crippen LogP contribution is 2.15. The summed E-state index contributed by atoms with van der Waals surface area (Å²) in [5.41, 5.74) is 0. The fourth-order valence-electron chi connectivity index (χ4n) is 1.94. The lowest BCUT2D eigenvalue weighted by Crippen LogP contribution is -2.37. The number of imidazole rings is 1. The molecule has 82 valence electrons. The summed E-state index contributed by atoms with van der Waals surface area (Å²) in [6.07, 6.45) is 5.07. The number of aliphatic hydroxyl groups is 1. The van der Waals surface area contributed by atoms with Crippen molar-refractivity contribution in [2.24, 2.45) is 0 Å². The lowest BCUT2D eigenvalue weighted by Gasteiger charge is -2.24. The van der Waals surface area contributed by atoms with Gasteiger partial charge in [-0.05, 0) is 6.92 Å². The molecule has 0 radical (unpaired) electrons. The third-order valence-electron chi connectivity index (χ3n) is 2.70. The van der Waals surface area contributed by atoms with E-state index in [2.05, 4.69) is 4.98 Å². The minimum Gasteiger partial charge on any atom is -0.391 e. The molecule has 2 heterocycles. The van der Waals surface area contributed by atoms with Crippen LogP contribution in [0.25, 0.3) is 0 Å². The number of carbonyl (C=O) groups excluding carboxylic acids is 1. The molecule has 0 spiro atoms. The lowest BCUT2D eigenvalue weighted by molar-refractivity contribution is -0.129. The largest absolute Gasteiger partial charge is 0.391 e. The Morgan fingerprint density at radius 3 is 3.07 bits per heavy atom. The van der Waals surface area contributed by atoms with Gasteiger partial charge in [0, 0.05) is 31.5 Å². The fourth-order valence-corrected chi connectivity index (χ4v) is 1.94. The van der Waals surface area contributed by atoms with E-state index in [0.29, 0.717) is 6.54 Å². The van der Waals surface area contributed by atoms with Crippen LogP contribution in [0.2, 0.25) is 0 Å². The third-order valence-corrected chi connectivity index (χ3v) is 2.70. The van der Waals surface area contributed by atoms with E-state index in [-0.39, 0.29) is 18.4 Å². The summed E-state index contributed by atoms with van der Waals surface area (Å²) >= 11 is 0. The van der Waals surface area contributed by atoms with Crippen LogP contribution in [0.5, 0.6) is 0 Å². The van der Waals surface area contributed by atoms with Crippen molar-refractivity contribution in [2.45, 2.75) is 32.0 Å². The van der Waals surface area contributed by atoms with Crippen LogP contribution in [0.15, 0.2) is 18.7 Å². The van der Waals surface area contributed by atoms with E-state index in [4.69, 9.17) is 0 Å². The highest BCUT2D eigenvalue weighted by Gasteiger charge is 2.31. The molecule has 15 heavy (non-hydrogen) atoms. The van der Waals surface area contributed by atoms with Crippen molar-refractivity contribution in [3.05, 3.63) is 18.7 Å². The van der Waals surface area contributed by atoms with Gasteiger partial charge in [-0.15, -0.1) is 0 Å². The van der Waals surface area contributed by atoms with Gasteiger partial charge in [-0.3, -0.25) is 4.79 Å². The maximum Gasteiger partial charge on any atom is 0.225 e. The summed E-state index contributed by atoms with van der Waals surface area (Å²) in [5, 5.41) is 9.36. The number of aromatic nitrogens is 2. The van der Waals surface area contributed by atoms with E-state index in [1.165, 1.54) is 0 Å². The van der Waals surface area contributed by atoms with Crippen LogP contribution in [0.1, 0.15) is 13.3 Å². The summed E-state index contributed by atoms with van der Waals surface area (Å²) in [4.78, 5) is 17.2. The Labute approximate surface area is 88.3 Å². The Morgan fingerprint density at radius 1 is 1.73 bits per heavy atom. The molecule has 1 N–H and O–H groups in total. The van der Waals surface area contributed by atoms with E-state index >= 15 is 0 Å². The predicted octanol–water partition coefficient (Wildman–Crippen LogP) is -0.135. The Kier molecular flexibility index (Phi) is 2.73. The van der Waals surface area contributed by atoms with Crippen LogP contribution in [0.3, 0.4) is 0 Å². The standard InChI is InChI=1S/C10H15N3O2/c1-8(5-12-3-2-11-7-12)13-6-9(14)4-10(13)15/h2-3,7-9,14H,4-6H2,1H3. The minimum absolute atomic E-state index is 0.0371. The van der Waals surface area contributed by atoms with Gasteiger partial charge in [0.05, 0.1) is 18.9 Å². The molecule has 2 atom stereocenters. The maximum atomic E-state index is 11.5. The Bertz CT molecular complexity index is 336. The first-order chi connectivity index (χ1) is 7.16. The molecule has 2 unspecified atom stereocenters. The van der Waals surface area contributed by atoms with Gasteiger partial charge >= 0.3 is 0 Å². The van der Waals surface area contributed by atoms with Crippen molar-refractivity contribution in [1.29, 1.82) is 0 Å². The Balaban J connectivity index is 1.96. The summed E-state index contributed by atoms with van der Waals surface area (Å²) in [6, 6.07) is 0.101. The van der Waals surface area contributed by atoms with Gasteiger partial charge in [0.15, 0.2) is 0 Å². The molecule has 1 amide bonds. The second-order valence-electron chi connectivity index (χ2n) is 4.01. The summed E-state index contributed by atoms with van der Waals surface area (Å²) in [6.45, 7) is 3.16. The number of likely N-dealkylation sites (tertiary alicyclic amines) is 1. The number of hydrogen-bond acceptors (Lipinski definition) is 3. The summed E-state index contributed by atoms with van der Waals surface area (Å²) in [5.74, 6) is 0.0371. The highest BCUT2D eigenvalue weighted by atomic mass is 16.3.